The summed E-state index contributed by atoms with van der Waals surface area (Å²) < 4.78 is 0. The van der Waals surface area contributed by atoms with E-state index in [0.717, 1.165) is 19.5 Å². The minimum absolute atomic E-state index is 0.515. The van der Waals surface area contributed by atoms with E-state index in [1.54, 1.807) is 0 Å². The molecular weight excluding hydrogens is 230 g/mol. The van der Waals surface area contributed by atoms with Gasteiger partial charge in [-0.05, 0) is 35.7 Å². The third-order valence-corrected chi connectivity index (χ3v) is 4.13. The molecule has 0 saturated carbocycles. The van der Waals surface area contributed by atoms with Crippen molar-refractivity contribution in [3.8, 4) is 0 Å². The molecule has 1 heteroatoms. The van der Waals surface area contributed by atoms with E-state index >= 15 is 0 Å². The first-order valence-corrected chi connectivity index (χ1v) is 7.13. The zero-order chi connectivity index (χ0) is 13.2. The number of benzene rings is 2. The molecule has 0 aliphatic carbocycles. The van der Waals surface area contributed by atoms with Gasteiger partial charge in [0.2, 0.25) is 0 Å². The lowest BCUT2D eigenvalue weighted by Gasteiger charge is -2.33. The standard InChI is InChI=1S/C18H21N/c1-3-14-9-10-17-16(11-14)12-19(2)13-18(17)15-7-5-4-6-8-15/h4-11,18H,3,12-13H2,1-2H3/t18-/m0/s1. The second kappa shape index (κ2) is 5.18. The third kappa shape index (κ3) is 2.43. The molecule has 1 aliphatic rings. The van der Waals surface area contributed by atoms with Crippen LogP contribution in [0.5, 0.6) is 0 Å². The van der Waals surface area contributed by atoms with Crippen molar-refractivity contribution in [1.29, 1.82) is 0 Å². The number of aryl methyl sites for hydroxylation is 1. The maximum atomic E-state index is 2.43. The second-order valence-electron chi connectivity index (χ2n) is 5.55. The summed E-state index contributed by atoms with van der Waals surface area (Å²) in [6.45, 7) is 4.41. The first kappa shape index (κ1) is 12.4. The average Bonchev–Trinajstić information content (AvgIpc) is 2.46. The molecule has 0 radical (unpaired) electrons. The quantitative estimate of drug-likeness (QED) is 0.784. The van der Waals surface area contributed by atoms with E-state index in [1.807, 2.05) is 0 Å². The van der Waals surface area contributed by atoms with Crippen LogP contribution < -0.4 is 0 Å². The largest absolute Gasteiger partial charge is 0.301 e. The van der Waals surface area contributed by atoms with Gasteiger partial charge < -0.3 is 4.90 Å². The molecule has 98 valence electrons. The summed E-state index contributed by atoms with van der Waals surface area (Å²) in [5.41, 5.74) is 5.89. The Hall–Kier alpha value is -1.60. The van der Waals surface area contributed by atoms with Crippen LogP contribution in [0.3, 0.4) is 0 Å². The van der Waals surface area contributed by atoms with E-state index in [9.17, 15) is 0 Å². The van der Waals surface area contributed by atoms with Gasteiger partial charge in [0.1, 0.15) is 0 Å². The van der Waals surface area contributed by atoms with E-state index < -0.39 is 0 Å². The monoisotopic (exact) mass is 251 g/mol. The highest BCUT2D eigenvalue weighted by molar-refractivity contribution is 5.42. The first-order chi connectivity index (χ1) is 9.28. The summed E-state index contributed by atoms with van der Waals surface area (Å²) in [6.07, 6.45) is 1.12. The van der Waals surface area contributed by atoms with Crippen LogP contribution in [0.1, 0.15) is 35.1 Å². The van der Waals surface area contributed by atoms with Crippen LogP contribution in [0.25, 0.3) is 0 Å². The molecule has 0 aromatic heterocycles. The van der Waals surface area contributed by atoms with E-state index in [4.69, 9.17) is 0 Å². The Labute approximate surface area is 115 Å². The fourth-order valence-electron chi connectivity index (χ4n) is 3.09. The molecule has 1 heterocycles. The van der Waals surface area contributed by atoms with Crippen LogP contribution in [-0.4, -0.2) is 18.5 Å². The Morgan fingerprint density at radius 3 is 2.63 bits per heavy atom. The summed E-state index contributed by atoms with van der Waals surface area (Å²) in [4.78, 5) is 2.43. The molecule has 1 nitrogen and oxygen atoms in total. The Kier molecular flexibility index (Phi) is 3.39. The van der Waals surface area contributed by atoms with Crippen molar-refractivity contribution in [2.45, 2.75) is 25.8 Å². The molecule has 0 amide bonds. The van der Waals surface area contributed by atoms with Gasteiger partial charge >= 0.3 is 0 Å². The SMILES string of the molecule is CCc1ccc2c(c1)CN(C)C[C@H]2c1ccccc1. The molecule has 0 saturated heterocycles. The average molecular weight is 251 g/mol. The fourth-order valence-corrected chi connectivity index (χ4v) is 3.09. The lowest BCUT2D eigenvalue weighted by molar-refractivity contribution is 0.295. The van der Waals surface area contributed by atoms with Gasteiger partial charge in [-0.25, -0.2) is 0 Å². The highest BCUT2D eigenvalue weighted by Gasteiger charge is 2.24. The van der Waals surface area contributed by atoms with Crippen molar-refractivity contribution >= 4 is 0 Å². The Morgan fingerprint density at radius 1 is 1.11 bits per heavy atom. The van der Waals surface area contributed by atoms with Crippen LogP contribution in [0, 0.1) is 0 Å². The van der Waals surface area contributed by atoms with Crippen molar-refractivity contribution in [3.63, 3.8) is 0 Å². The Balaban J connectivity index is 2.05. The number of fused-ring (bicyclic) bond motifs is 1. The van der Waals surface area contributed by atoms with Gasteiger partial charge in [0.05, 0.1) is 0 Å². The van der Waals surface area contributed by atoms with Crippen molar-refractivity contribution in [3.05, 3.63) is 70.8 Å². The van der Waals surface area contributed by atoms with Crippen LogP contribution in [0.4, 0.5) is 0 Å². The van der Waals surface area contributed by atoms with Crippen LogP contribution in [0.2, 0.25) is 0 Å². The zero-order valence-electron chi connectivity index (χ0n) is 11.8. The molecule has 0 bridgehead atoms. The topological polar surface area (TPSA) is 3.24 Å². The highest BCUT2D eigenvalue weighted by atomic mass is 15.1. The lowest BCUT2D eigenvalue weighted by Crippen LogP contribution is -2.31. The predicted molar refractivity (Wildman–Crippen MR) is 80.4 cm³/mol. The number of hydrogen-bond acceptors (Lipinski definition) is 1. The summed E-state index contributed by atoms with van der Waals surface area (Å²) in [6, 6.07) is 17.9. The van der Waals surface area contributed by atoms with Gasteiger partial charge in [0.25, 0.3) is 0 Å². The molecule has 1 aliphatic heterocycles. The van der Waals surface area contributed by atoms with Gasteiger partial charge in [-0.3, -0.25) is 0 Å². The minimum Gasteiger partial charge on any atom is -0.301 e. The molecule has 19 heavy (non-hydrogen) atoms. The molecule has 0 fully saturated rings. The molecule has 0 spiro atoms. The van der Waals surface area contributed by atoms with Crippen molar-refractivity contribution in [2.75, 3.05) is 13.6 Å². The Morgan fingerprint density at radius 2 is 1.89 bits per heavy atom. The van der Waals surface area contributed by atoms with Gasteiger partial charge in [-0.1, -0.05) is 55.5 Å². The smallest absolute Gasteiger partial charge is 0.0234 e. The predicted octanol–water partition coefficient (Wildman–Crippen LogP) is 3.83. The summed E-state index contributed by atoms with van der Waals surface area (Å²) in [5.74, 6) is 0.515. The highest BCUT2D eigenvalue weighted by Crippen LogP contribution is 2.33. The van der Waals surface area contributed by atoms with Gasteiger partial charge in [0, 0.05) is 19.0 Å². The molecule has 1 atom stereocenters. The van der Waals surface area contributed by atoms with Gasteiger partial charge in [-0.2, -0.15) is 0 Å². The minimum atomic E-state index is 0.515. The molecule has 0 unspecified atom stereocenters. The molecular formula is C18H21N. The van der Waals surface area contributed by atoms with Crippen molar-refractivity contribution in [2.24, 2.45) is 0 Å². The lowest BCUT2D eigenvalue weighted by atomic mass is 9.84. The van der Waals surface area contributed by atoms with Crippen LogP contribution in [0.15, 0.2) is 48.5 Å². The Bertz CT molecular complexity index is 559. The molecule has 3 rings (SSSR count). The van der Waals surface area contributed by atoms with E-state index in [-0.39, 0.29) is 0 Å². The summed E-state index contributed by atoms with van der Waals surface area (Å²) >= 11 is 0. The van der Waals surface area contributed by atoms with E-state index in [2.05, 4.69) is 67.4 Å². The third-order valence-electron chi connectivity index (χ3n) is 4.13. The maximum absolute atomic E-state index is 2.43. The van der Waals surface area contributed by atoms with Gasteiger partial charge in [-0.15, -0.1) is 0 Å². The van der Waals surface area contributed by atoms with Crippen molar-refractivity contribution in [1.82, 2.24) is 4.90 Å². The first-order valence-electron chi connectivity index (χ1n) is 7.13. The number of hydrogen-bond donors (Lipinski definition) is 0. The number of likely N-dealkylation sites (N-methyl/N-ethyl adjacent to an activating group) is 1. The zero-order valence-corrected chi connectivity index (χ0v) is 11.8. The number of rotatable bonds is 2. The van der Waals surface area contributed by atoms with Crippen LogP contribution in [-0.2, 0) is 13.0 Å². The summed E-state index contributed by atoms with van der Waals surface area (Å²) in [7, 11) is 2.22. The van der Waals surface area contributed by atoms with E-state index in [0.29, 0.717) is 5.92 Å². The molecule has 0 N–H and O–H groups in total. The molecule has 2 aromatic rings. The van der Waals surface area contributed by atoms with E-state index in [1.165, 1.54) is 22.3 Å². The van der Waals surface area contributed by atoms with Gasteiger partial charge in [0.15, 0.2) is 0 Å². The van der Waals surface area contributed by atoms with Crippen LogP contribution >= 0.6 is 0 Å². The second-order valence-corrected chi connectivity index (χ2v) is 5.55. The maximum Gasteiger partial charge on any atom is 0.0234 e. The fraction of sp³-hybridized carbons (Fsp3) is 0.333. The normalized spacial score (nSPS) is 19.2. The molecule has 2 aromatic carbocycles. The summed E-state index contributed by atoms with van der Waals surface area (Å²) in [5, 5.41) is 0. The van der Waals surface area contributed by atoms with Crippen molar-refractivity contribution < 1.29 is 0 Å². The number of nitrogens with zero attached hydrogens (tertiary/aromatic N) is 1.